The van der Waals surface area contributed by atoms with Crippen LogP contribution in [-0.2, 0) is 11.3 Å². The Morgan fingerprint density at radius 1 is 1.14 bits per heavy atom. The van der Waals surface area contributed by atoms with E-state index in [1.165, 1.54) is 4.70 Å². The highest BCUT2D eigenvalue weighted by molar-refractivity contribution is 7.22. The molecule has 9 heteroatoms. The molecule has 150 valence electrons. The average molecular weight is 402 g/mol. The molecule has 1 aliphatic heterocycles. The molecule has 28 heavy (non-hydrogen) atoms. The van der Waals surface area contributed by atoms with Crippen LogP contribution in [0.4, 0.5) is 5.13 Å². The molecule has 1 aromatic carbocycles. The molecule has 8 nitrogen and oxygen atoms in total. The summed E-state index contributed by atoms with van der Waals surface area (Å²) in [7, 11) is 1.70. The minimum atomic E-state index is 0.198. The Balaban J connectivity index is 1.47. The van der Waals surface area contributed by atoms with E-state index in [2.05, 4.69) is 57.4 Å². The highest BCUT2D eigenvalue weighted by atomic mass is 32.1. The standard InChI is InChI=1S/C19H27N7OS/c1-14(2)17(18-21-22-23-26(18)12-13-27-3)24-8-10-25(11-9-24)19-20-15-6-4-5-7-16(15)28-19/h4-7,14,17H,8-13H2,1-3H3/t17-/m1/s1. The summed E-state index contributed by atoms with van der Waals surface area (Å²) in [5, 5.41) is 13.6. The number of rotatable bonds is 7. The molecule has 0 bridgehead atoms. The number of thiazole rings is 1. The predicted octanol–water partition coefficient (Wildman–Crippen LogP) is 2.45. The summed E-state index contributed by atoms with van der Waals surface area (Å²) in [6, 6.07) is 8.54. The summed E-state index contributed by atoms with van der Waals surface area (Å²) in [6.45, 7) is 9.61. The molecular weight excluding hydrogens is 374 g/mol. The topological polar surface area (TPSA) is 72.2 Å². The smallest absolute Gasteiger partial charge is 0.186 e. The molecule has 1 saturated heterocycles. The highest BCUT2D eigenvalue weighted by Crippen LogP contribution is 2.32. The molecule has 2 aromatic heterocycles. The van der Waals surface area contributed by atoms with Crippen molar-refractivity contribution in [3.05, 3.63) is 30.1 Å². The van der Waals surface area contributed by atoms with Gasteiger partial charge in [-0.15, -0.1) is 5.10 Å². The lowest BCUT2D eigenvalue weighted by molar-refractivity contribution is 0.129. The van der Waals surface area contributed by atoms with E-state index in [0.29, 0.717) is 19.1 Å². The van der Waals surface area contributed by atoms with E-state index < -0.39 is 0 Å². The highest BCUT2D eigenvalue weighted by Gasteiger charge is 2.32. The average Bonchev–Trinajstić information content (AvgIpc) is 3.33. The fraction of sp³-hybridized carbons (Fsp3) is 0.579. The minimum Gasteiger partial charge on any atom is -0.383 e. The van der Waals surface area contributed by atoms with E-state index in [0.717, 1.165) is 42.7 Å². The Bertz CT molecular complexity index is 867. The van der Waals surface area contributed by atoms with E-state index in [1.807, 2.05) is 10.7 Å². The van der Waals surface area contributed by atoms with Gasteiger partial charge < -0.3 is 9.64 Å². The summed E-state index contributed by atoms with van der Waals surface area (Å²) in [5.41, 5.74) is 1.09. The number of ether oxygens (including phenoxy) is 1. The molecule has 0 radical (unpaired) electrons. The van der Waals surface area contributed by atoms with Crippen molar-refractivity contribution in [2.75, 3.05) is 44.8 Å². The van der Waals surface area contributed by atoms with Gasteiger partial charge in [0.15, 0.2) is 11.0 Å². The van der Waals surface area contributed by atoms with Gasteiger partial charge in [-0.1, -0.05) is 37.3 Å². The van der Waals surface area contributed by atoms with Crippen LogP contribution in [0.1, 0.15) is 25.7 Å². The van der Waals surface area contributed by atoms with Crippen LogP contribution in [-0.4, -0.2) is 70.0 Å². The zero-order valence-electron chi connectivity index (χ0n) is 16.7. The van der Waals surface area contributed by atoms with Crippen molar-refractivity contribution in [3.63, 3.8) is 0 Å². The molecule has 1 fully saturated rings. The second-order valence-electron chi connectivity index (χ2n) is 7.43. The Morgan fingerprint density at radius 2 is 1.93 bits per heavy atom. The van der Waals surface area contributed by atoms with Crippen LogP contribution in [0.25, 0.3) is 10.2 Å². The maximum absolute atomic E-state index is 5.20. The van der Waals surface area contributed by atoms with Crippen molar-refractivity contribution >= 4 is 26.7 Å². The molecule has 3 aromatic rings. The summed E-state index contributed by atoms with van der Waals surface area (Å²) in [6.07, 6.45) is 0. The number of nitrogens with zero attached hydrogens (tertiary/aromatic N) is 7. The largest absolute Gasteiger partial charge is 0.383 e. The Morgan fingerprint density at radius 3 is 2.64 bits per heavy atom. The summed E-state index contributed by atoms with van der Waals surface area (Å²) < 4.78 is 8.33. The van der Waals surface area contributed by atoms with Crippen LogP contribution in [0.5, 0.6) is 0 Å². The van der Waals surface area contributed by atoms with Gasteiger partial charge in [0.1, 0.15) is 0 Å². The molecule has 0 amide bonds. The van der Waals surface area contributed by atoms with Crippen LogP contribution < -0.4 is 4.90 Å². The lowest BCUT2D eigenvalue weighted by Crippen LogP contribution is -2.49. The van der Waals surface area contributed by atoms with Gasteiger partial charge in [0.2, 0.25) is 0 Å². The molecule has 0 unspecified atom stereocenters. The number of tetrazole rings is 1. The SMILES string of the molecule is COCCn1nnnc1[C@@H](C(C)C)N1CCN(c2nc3ccccc3s2)CC1. The van der Waals surface area contributed by atoms with Crippen molar-refractivity contribution in [1.29, 1.82) is 0 Å². The van der Waals surface area contributed by atoms with Gasteiger partial charge in [-0.05, 0) is 28.5 Å². The van der Waals surface area contributed by atoms with Crippen molar-refractivity contribution in [2.45, 2.75) is 26.4 Å². The molecule has 0 spiro atoms. The number of aromatic nitrogens is 5. The molecule has 1 aliphatic rings. The first-order valence-electron chi connectivity index (χ1n) is 9.77. The van der Waals surface area contributed by atoms with Crippen LogP contribution >= 0.6 is 11.3 Å². The zero-order chi connectivity index (χ0) is 19.5. The minimum absolute atomic E-state index is 0.198. The molecule has 4 rings (SSSR count). The third kappa shape index (κ3) is 3.87. The first-order valence-corrected chi connectivity index (χ1v) is 10.6. The first kappa shape index (κ1) is 19.2. The zero-order valence-corrected chi connectivity index (χ0v) is 17.5. The van der Waals surface area contributed by atoms with E-state index >= 15 is 0 Å². The Labute approximate surface area is 169 Å². The van der Waals surface area contributed by atoms with Crippen LogP contribution in [0.2, 0.25) is 0 Å². The number of para-hydroxylation sites is 1. The molecule has 0 N–H and O–H groups in total. The maximum atomic E-state index is 5.20. The van der Waals surface area contributed by atoms with Gasteiger partial charge >= 0.3 is 0 Å². The number of hydrogen-bond donors (Lipinski definition) is 0. The number of fused-ring (bicyclic) bond motifs is 1. The maximum Gasteiger partial charge on any atom is 0.186 e. The van der Waals surface area contributed by atoms with Gasteiger partial charge in [0.25, 0.3) is 0 Å². The number of piperazine rings is 1. The van der Waals surface area contributed by atoms with Gasteiger partial charge in [-0.25, -0.2) is 9.67 Å². The van der Waals surface area contributed by atoms with Gasteiger partial charge in [0, 0.05) is 33.3 Å². The molecule has 1 atom stereocenters. The normalized spacial score (nSPS) is 16.9. The van der Waals surface area contributed by atoms with E-state index in [1.54, 1.807) is 18.4 Å². The van der Waals surface area contributed by atoms with Gasteiger partial charge in [-0.3, -0.25) is 4.90 Å². The second-order valence-corrected chi connectivity index (χ2v) is 8.44. The number of methoxy groups -OCH3 is 1. The number of hydrogen-bond acceptors (Lipinski definition) is 8. The Hall–Kier alpha value is -2.10. The quantitative estimate of drug-likeness (QED) is 0.602. The van der Waals surface area contributed by atoms with Crippen molar-refractivity contribution < 1.29 is 4.74 Å². The molecule has 3 heterocycles. The summed E-state index contributed by atoms with van der Waals surface area (Å²) >= 11 is 1.77. The number of anilines is 1. The van der Waals surface area contributed by atoms with Crippen molar-refractivity contribution in [2.24, 2.45) is 5.92 Å². The van der Waals surface area contributed by atoms with Crippen LogP contribution in [0.3, 0.4) is 0 Å². The lowest BCUT2D eigenvalue weighted by Gasteiger charge is -2.40. The summed E-state index contributed by atoms with van der Waals surface area (Å²) in [4.78, 5) is 9.71. The first-order chi connectivity index (χ1) is 13.7. The van der Waals surface area contributed by atoms with Crippen LogP contribution in [0.15, 0.2) is 24.3 Å². The second kappa shape index (κ2) is 8.50. The van der Waals surface area contributed by atoms with Crippen LogP contribution in [0, 0.1) is 5.92 Å². The van der Waals surface area contributed by atoms with Gasteiger partial charge in [0.05, 0.1) is 29.4 Å². The van der Waals surface area contributed by atoms with E-state index in [9.17, 15) is 0 Å². The predicted molar refractivity (Wildman–Crippen MR) is 111 cm³/mol. The molecular formula is C19H27N7OS. The fourth-order valence-electron chi connectivity index (χ4n) is 3.83. The monoisotopic (exact) mass is 401 g/mol. The Kier molecular flexibility index (Phi) is 5.84. The third-order valence-corrected chi connectivity index (χ3v) is 6.32. The van der Waals surface area contributed by atoms with E-state index in [4.69, 9.17) is 9.72 Å². The third-order valence-electron chi connectivity index (χ3n) is 5.22. The van der Waals surface area contributed by atoms with Crippen molar-refractivity contribution in [3.8, 4) is 0 Å². The summed E-state index contributed by atoms with van der Waals surface area (Å²) in [5.74, 6) is 1.35. The van der Waals surface area contributed by atoms with Gasteiger partial charge in [-0.2, -0.15) is 0 Å². The van der Waals surface area contributed by atoms with Crippen molar-refractivity contribution in [1.82, 2.24) is 30.1 Å². The molecule has 0 aliphatic carbocycles. The number of benzene rings is 1. The molecule has 0 saturated carbocycles. The fourth-order valence-corrected chi connectivity index (χ4v) is 4.85. The van der Waals surface area contributed by atoms with E-state index in [-0.39, 0.29) is 6.04 Å². The lowest BCUT2D eigenvalue weighted by atomic mass is 10.0.